The quantitative estimate of drug-likeness (QED) is 0.535. The van der Waals surface area contributed by atoms with Gasteiger partial charge >= 0.3 is 0 Å². The van der Waals surface area contributed by atoms with Crippen molar-refractivity contribution in [2.75, 3.05) is 0 Å². The Balaban J connectivity index is 2.45. The topological polar surface area (TPSA) is 0 Å². The zero-order valence-corrected chi connectivity index (χ0v) is 14.6. The Labute approximate surface area is 140 Å². The smallest absolute Gasteiger partial charge is 0.0152 e. The Morgan fingerprint density at radius 1 is 0.957 bits per heavy atom. The average molecular weight is 302 g/mol. The monoisotopic (exact) mass is 302 g/mol. The van der Waals surface area contributed by atoms with E-state index in [-0.39, 0.29) is 0 Å². The number of benzene rings is 2. The molecule has 23 heavy (non-hydrogen) atoms. The highest BCUT2D eigenvalue weighted by Crippen LogP contribution is 2.27. The first-order valence-corrected chi connectivity index (χ1v) is 8.30. The van der Waals surface area contributed by atoms with Crippen molar-refractivity contribution in [1.29, 1.82) is 0 Å². The number of aryl methyl sites for hydroxylation is 2. The van der Waals surface area contributed by atoms with Gasteiger partial charge < -0.3 is 0 Å². The minimum absolute atomic E-state index is 1.05. The number of hydrogen-bond acceptors (Lipinski definition) is 0. The van der Waals surface area contributed by atoms with Crippen molar-refractivity contribution in [3.05, 3.63) is 94.6 Å². The van der Waals surface area contributed by atoms with Crippen LogP contribution >= 0.6 is 0 Å². The molecule has 0 saturated heterocycles. The molecule has 0 heterocycles. The third-order valence-electron chi connectivity index (χ3n) is 3.96. The Kier molecular flexibility index (Phi) is 6.17. The summed E-state index contributed by atoms with van der Waals surface area (Å²) in [6.07, 6.45) is 9.90. The van der Waals surface area contributed by atoms with E-state index in [1.165, 1.54) is 33.4 Å². The third-order valence-corrected chi connectivity index (χ3v) is 3.96. The van der Waals surface area contributed by atoms with Crippen LogP contribution in [0.25, 0.3) is 11.6 Å². The molecule has 0 atom stereocenters. The van der Waals surface area contributed by atoms with Crippen molar-refractivity contribution in [1.82, 2.24) is 0 Å². The second kappa shape index (κ2) is 8.33. The molecular weight excluding hydrogens is 276 g/mol. The van der Waals surface area contributed by atoms with Crippen molar-refractivity contribution in [2.45, 2.75) is 34.1 Å². The summed E-state index contributed by atoms with van der Waals surface area (Å²) in [6, 6.07) is 17.3. The Morgan fingerprint density at radius 2 is 1.65 bits per heavy atom. The van der Waals surface area contributed by atoms with Crippen LogP contribution in [0, 0.1) is 13.8 Å². The molecule has 0 aromatic heterocycles. The summed E-state index contributed by atoms with van der Waals surface area (Å²) in [7, 11) is 0. The van der Waals surface area contributed by atoms with Crippen LogP contribution in [0.4, 0.5) is 0 Å². The lowest BCUT2D eigenvalue weighted by Crippen LogP contribution is -1.91. The second-order valence-corrected chi connectivity index (χ2v) is 5.97. The van der Waals surface area contributed by atoms with E-state index in [4.69, 9.17) is 0 Å². The fourth-order valence-corrected chi connectivity index (χ4v) is 2.60. The van der Waals surface area contributed by atoms with Crippen LogP contribution in [-0.4, -0.2) is 0 Å². The predicted molar refractivity (Wildman–Crippen MR) is 103 cm³/mol. The van der Waals surface area contributed by atoms with Gasteiger partial charge in [0.2, 0.25) is 0 Å². The molecular formula is C23H26. The zero-order chi connectivity index (χ0) is 16.7. The summed E-state index contributed by atoms with van der Waals surface area (Å²) in [4.78, 5) is 0. The minimum atomic E-state index is 1.05. The molecule has 0 amide bonds. The van der Waals surface area contributed by atoms with Gasteiger partial charge in [0, 0.05) is 0 Å². The van der Waals surface area contributed by atoms with Crippen molar-refractivity contribution >= 4 is 11.6 Å². The van der Waals surface area contributed by atoms with Crippen LogP contribution in [-0.2, 0) is 0 Å². The van der Waals surface area contributed by atoms with Crippen molar-refractivity contribution in [3.8, 4) is 0 Å². The van der Waals surface area contributed by atoms with Gasteiger partial charge in [-0.2, -0.15) is 0 Å². The molecule has 2 aromatic carbocycles. The molecule has 0 spiro atoms. The van der Waals surface area contributed by atoms with Gasteiger partial charge in [0.15, 0.2) is 0 Å². The van der Waals surface area contributed by atoms with E-state index in [9.17, 15) is 0 Å². The molecule has 118 valence electrons. The molecule has 0 saturated carbocycles. The molecule has 0 aliphatic rings. The number of hydrogen-bond donors (Lipinski definition) is 0. The number of allylic oxidation sites excluding steroid dienone is 5. The van der Waals surface area contributed by atoms with Gasteiger partial charge in [-0.05, 0) is 55.0 Å². The van der Waals surface area contributed by atoms with E-state index < -0.39 is 0 Å². The maximum Gasteiger partial charge on any atom is -0.0152 e. The largest absolute Gasteiger partial charge is 0.0848 e. The van der Waals surface area contributed by atoms with Gasteiger partial charge in [0.25, 0.3) is 0 Å². The molecule has 0 heteroatoms. The summed E-state index contributed by atoms with van der Waals surface area (Å²) in [5, 5.41) is 0. The first-order valence-electron chi connectivity index (χ1n) is 8.30. The molecule has 0 N–H and O–H groups in total. The lowest BCUT2D eigenvalue weighted by Gasteiger charge is -2.11. The van der Waals surface area contributed by atoms with E-state index in [1.54, 1.807) is 0 Å². The highest BCUT2D eigenvalue weighted by Gasteiger charge is 2.06. The lowest BCUT2D eigenvalue weighted by atomic mass is 9.93. The van der Waals surface area contributed by atoms with Gasteiger partial charge in [-0.3, -0.25) is 0 Å². The van der Waals surface area contributed by atoms with E-state index in [2.05, 4.69) is 101 Å². The maximum atomic E-state index is 2.26. The molecule has 0 fully saturated rings. The molecule has 0 unspecified atom stereocenters. The van der Waals surface area contributed by atoms with Crippen molar-refractivity contribution in [3.63, 3.8) is 0 Å². The predicted octanol–water partition coefficient (Wildman–Crippen LogP) is 6.76. The molecule has 0 aliphatic heterocycles. The SMILES string of the molecule is CC\C=C/C=C(\C(C)=C\c1ccc(C)cc1)c1ccccc1C. The summed E-state index contributed by atoms with van der Waals surface area (Å²) in [5.41, 5.74) is 7.71. The standard InChI is InChI=1S/C23H26/c1-5-6-7-11-23(22-12-9-8-10-19(22)3)20(4)17-21-15-13-18(2)14-16-21/h6-17H,5H2,1-4H3/b7-6-,20-17+,23-11+. The summed E-state index contributed by atoms with van der Waals surface area (Å²) < 4.78 is 0. The van der Waals surface area contributed by atoms with E-state index in [1.807, 2.05) is 0 Å². The summed E-state index contributed by atoms with van der Waals surface area (Å²) in [6.45, 7) is 8.64. The third kappa shape index (κ3) is 4.82. The molecule has 2 rings (SSSR count). The molecule has 0 bridgehead atoms. The lowest BCUT2D eigenvalue weighted by molar-refractivity contribution is 1.22. The Bertz CT molecular complexity index is 725. The van der Waals surface area contributed by atoms with E-state index in [0.717, 1.165) is 6.42 Å². The zero-order valence-electron chi connectivity index (χ0n) is 14.6. The van der Waals surface area contributed by atoms with Gasteiger partial charge in [-0.15, -0.1) is 0 Å². The summed E-state index contributed by atoms with van der Waals surface area (Å²) >= 11 is 0. The van der Waals surface area contributed by atoms with Crippen LogP contribution < -0.4 is 0 Å². The van der Waals surface area contributed by atoms with Crippen LogP contribution in [0.2, 0.25) is 0 Å². The first-order chi connectivity index (χ1) is 11.1. The highest BCUT2D eigenvalue weighted by molar-refractivity contribution is 5.85. The first kappa shape index (κ1) is 17.0. The minimum Gasteiger partial charge on any atom is -0.0848 e. The second-order valence-electron chi connectivity index (χ2n) is 5.97. The molecule has 0 nitrogen and oxygen atoms in total. The van der Waals surface area contributed by atoms with Crippen LogP contribution in [0.5, 0.6) is 0 Å². The maximum absolute atomic E-state index is 2.26. The van der Waals surface area contributed by atoms with Crippen molar-refractivity contribution < 1.29 is 0 Å². The normalized spacial score (nSPS) is 12.9. The Hall–Kier alpha value is -2.34. The molecule has 2 aromatic rings. The summed E-state index contributed by atoms with van der Waals surface area (Å²) in [5.74, 6) is 0. The molecule has 0 aliphatic carbocycles. The van der Waals surface area contributed by atoms with Gasteiger partial charge in [0.1, 0.15) is 0 Å². The van der Waals surface area contributed by atoms with Crippen LogP contribution in [0.3, 0.4) is 0 Å². The van der Waals surface area contributed by atoms with Gasteiger partial charge in [-0.1, -0.05) is 85.3 Å². The van der Waals surface area contributed by atoms with E-state index in [0.29, 0.717) is 0 Å². The van der Waals surface area contributed by atoms with Crippen molar-refractivity contribution in [2.24, 2.45) is 0 Å². The van der Waals surface area contributed by atoms with Crippen LogP contribution in [0.15, 0.2) is 72.3 Å². The molecule has 0 radical (unpaired) electrons. The average Bonchev–Trinajstić information content (AvgIpc) is 2.55. The highest BCUT2D eigenvalue weighted by atomic mass is 14.1. The van der Waals surface area contributed by atoms with Gasteiger partial charge in [0.05, 0.1) is 0 Å². The fourth-order valence-electron chi connectivity index (χ4n) is 2.60. The Morgan fingerprint density at radius 3 is 2.30 bits per heavy atom. The number of rotatable bonds is 5. The van der Waals surface area contributed by atoms with E-state index >= 15 is 0 Å². The van der Waals surface area contributed by atoms with Crippen LogP contribution in [0.1, 0.15) is 42.5 Å². The van der Waals surface area contributed by atoms with Gasteiger partial charge in [-0.25, -0.2) is 0 Å². The fraction of sp³-hybridized carbons (Fsp3) is 0.217.